The Labute approximate surface area is 227 Å². The van der Waals surface area contributed by atoms with Gasteiger partial charge in [-0.25, -0.2) is 9.78 Å². The zero-order valence-electron chi connectivity index (χ0n) is 22.0. The molecule has 196 valence electrons. The first-order valence-corrected chi connectivity index (χ1v) is 14.1. The molecule has 7 heteroatoms. The van der Waals surface area contributed by atoms with Crippen LogP contribution in [0.2, 0.25) is 0 Å². The quantitative estimate of drug-likeness (QED) is 0.243. The summed E-state index contributed by atoms with van der Waals surface area (Å²) in [7, 11) is 0. The van der Waals surface area contributed by atoms with Crippen LogP contribution in [0.3, 0.4) is 0 Å². The van der Waals surface area contributed by atoms with Crippen LogP contribution in [0.25, 0.3) is 22.2 Å². The van der Waals surface area contributed by atoms with Crippen LogP contribution >= 0.6 is 11.3 Å². The van der Waals surface area contributed by atoms with Gasteiger partial charge in [0, 0.05) is 15.8 Å². The molecule has 5 rings (SSSR count). The number of nitrogens with zero attached hydrogens (tertiary/aromatic N) is 1. The Hall–Kier alpha value is -3.71. The minimum Gasteiger partial charge on any atom is -0.494 e. The molecule has 0 saturated heterocycles. The molecule has 0 bridgehead atoms. The van der Waals surface area contributed by atoms with Crippen molar-refractivity contribution in [3.63, 3.8) is 0 Å². The topological polar surface area (TPSA) is 77.5 Å². The molecule has 0 unspecified atom stereocenters. The van der Waals surface area contributed by atoms with Crippen molar-refractivity contribution in [3.05, 3.63) is 76.2 Å². The molecular formula is C31H32N2O4S. The average Bonchev–Trinajstić information content (AvgIpc) is 3.28. The molecule has 1 aliphatic rings. The second kappa shape index (κ2) is 11.4. The number of hydrogen-bond acceptors (Lipinski definition) is 6. The Bertz CT molecular complexity index is 1490. The highest BCUT2D eigenvalue weighted by molar-refractivity contribution is 7.17. The van der Waals surface area contributed by atoms with E-state index in [1.54, 1.807) is 6.92 Å². The van der Waals surface area contributed by atoms with Gasteiger partial charge in [-0.3, -0.25) is 4.79 Å². The van der Waals surface area contributed by atoms with Gasteiger partial charge in [0.1, 0.15) is 10.8 Å². The molecule has 2 heterocycles. The van der Waals surface area contributed by atoms with Gasteiger partial charge in [-0.2, -0.15) is 0 Å². The third-order valence-corrected chi connectivity index (χ3v) is 7.95. The number of amides is 1. The molecule has 0 fully saturated rings. The molecule has 1 atom stereocenters. The maximum atomic E-state index is 13.8. The average molecular weight is 529 g/mol. The van der Waals surface area contributed by atoms with E-state index in [2.05, 4.69) is 19.2 Å². The smallest absolute Gasteiger partial charge is 0.341 e. The number of aromatic nitrogens is 1. The number of pyridine rings is 1. The number of benzene rings is 2. The Morgan fingerprint density at radius 2 is 1.95 bits per heavy atom. The summed E-state index contributed by atoms with van der Waals surface area (Å²) in [6.45, 7) is 7.00. The monoisotopic (exact) mass is 528 g/mol. The fourth-order valence-corrected chi connectivity index (χ4v) is 6.30. The number of carbonyl (C=O) groups excluding carboxylic acids is 2. The molecule has 0 aliphatic heterocycles. The van der Waals surface area contributed by atoms with Crippen LogP contribution in [0.1, 0.15) is 64.8 Å². The summed E-state index contributed by atoms with van der Waals surface area (Å²) < 4.78 is 11.2. The number of fused-ring (bicyclic) bond motifs is 2. The Kier molecular flexibility index (Phi) is 7.74. The first kappa shape index (κ1) is 25.9. The predicted molar refractivity (Wildman–Crippen MR) is 152 cm³/mol. The summed E-state index contributed by atoms with van der Waals surface area (Å²) in [5, 5.41) is 4.38. The van der Waals surface area contributed by atoms with Gasteiger partial charge >= 0.3 is 5.97 Å². The number of nitrogens with one attached hydrogen (secondary N) is 1. The molecule has 38 heavy (non-hydrogen) atoms. The molecule has 0 saturated carbocycles. The van der Waals surface area contributed by atoms with E-state index in [9.17, 15) is 9.59 Å². The second-order valence-electron chi connectivity index (χ2n) is 9.68. The summed E-state index contributed by atoms with van der Waals surface area (Å²) >= 11 is 1.49. The number of carbonyl (C=O) groups is 2. The minimum atomic E-state index is -0.376. The second-order valence-corrected chi connectivity index (χ2v) is 10.8. The number of hydrogen-bond donors (Lipinski definition) is 1. The lowest BCUT2D eigenvalue weighted by Gasteiger charge is -2.18. The zero-order valence-corrected chi connectivity index (χ0v) is 22.8. The summed E-state index contributed by atoms with van der Waals surface area (Å²) in [5.74, 6) is 0.658. The normalized spacial score (nSPS) is 14.7. The summed E-state index contributed by atoms with van der Waals surface area (Å²) in [5.41, 5.74) is 4.30. The largest absolute Gasteiger partial charge is 0.494 e. The molecule has 1 amide bonds. The highest BCUT2D eigenvalue weighted by atomic mass is 32.1. The van der Waals surface area contributed by atoms with Gasteiger partial charge in [0.2, 0.25) is 0 Å². The van der Waals surface area contributed by atoms with Crippen LogP contribution in [0.5, 0.6) is 5.75 Å². The third-order valence-electron chi connectivity index (χ3n) is 6.78. The summed E-state index contributed by atoms with van der Waals surface area (Å²) in [4.78, 5) is 32.8. The number of para-hydroxylation sites is 1. The predicted octanol–water partition coefficient (Wildman–Crippen LogP) is 7.31. The standard InChI is InChI=1S/C31H32N2O4S/c1-4-15-37-21-10-8-9-20(17-21)26-18-24(22-11-6-7-12-25(22)32-26)29(34)33-30-28(31(35)36-5-2)23-14-13-19(3)16-27(23)38-30/h6-12,17-19H,4-5,13-16H2,1-3H3,(H,33,34)/t19-/m1/s1. The van der Waals surface area contributed by atoms with Gasteiger partial charge in [0.15, 0.2) is 0 Å². The lowest BCUT2D eigenvalue weighted by atomic mass is 9.88. The molecular weight excluding hydrogens is 496 g/mol. The van der Waals surface area contributed by atoms with Crippen molar-refractivity contribution >= 4 is 39.1 Å². The minimum absolute atomic E-state index is 0.277. The molecule has 1 N–H and O–H groups in total. The molecule has 1 aliphatic carbocycles. The van der Waals surface area contributed by atoms with Crippen molar-refractivity contribution in [2.75, 3.05) is 18.5 Å². The third kappa shape index (κ3) is 5.29. The van der Waals surface area contributed by atoms with Crippen molar-refractivity contribution in [2.24, 2.45) is 5.92 Å². The van der Waals surface area contributed by atoms with Crippen molar-refractivity contribution in [1.29, 1.82) is 0 Å². The number of rotatable bonds is 8. The van der Waals surface area contributed by atoms with E-state index in [1.165, 1.54) is 11.3 Å². The summed E-state index contributed by atoms with van der Waals surface area (Å²) in [6, 6.07) is 17.2. The van der Waals surface area contributed by atoms with Crippen LogP contribution < -0.4 is 10.1 Å². The number of anilines is 1. The van der Waals surface area contributed by atoms with Crippen molar-refractivity contribution in [1.82, 2.24) is 4.98 Å². The van der Waals surface area contributed by atoms with Crippen LogP contribution in [0.15, 0.2) is 54.6 Å². The maximum absolute atomic E-state index is 13.8. The van der Waals surface area contributed by atoms with Crippen LogP contribution in [-0.2, 0) is 17.6 Å². The van der Waals surface area contributed by atoms with Crippen LogP contribution in [0, 0.1) is 5.92 Å². The molecule has 2 aromatic carbocycles. The van der Waals surface area contributed by atoms with E-state index in [1.807, 2.05) is 54.6 Å². The van der Waals surface area contributed by atoms with Gasteiger partial charge < -0.3 is 14.8 Å². The number of thiophene rings is 1. The molecule has 0 spiro atoms. The van der Waals surface area contributed by atoms with Gasteiger partial charge in [-0.1, -0.05) is 44.2 Å². The van der Waals surface area contributed by atoms with E-state index in [0.29, 0.717) is 34.3 Å². The molecule has 6 nitrogen and oxygen atoms in total. The van der Waals surface area contributed by atoms with E-state index in [4.69, 9.17) is 14.5 Å². The zero-order chi connectivity index (χ0) is 26.6. The number of esters is 1. The van der Waals surface area contributed by atoms with Gasteiger partial charge in [-0.15, -0.1) is 11.3 Å². The van der Waals surface area contributed by atoms with Crippen LogP contribution in [-0.4, -0.2) is 30.1 Å². The number of ether oxygens (including phenoxy) is 2. The highest BCUT2D eigenvalue weighted by Gasteiger charge is 2.29. The van der Waals surface area contributed by atoms with E-state index < -0.39 is 0 Å². The van der Waals surface area contributed by atoms with Crippen molar-refractivity contribution in [3.8, 4) is 17.0 Å². The Morgan fingerprint density at radius 3 is 2.76 bits per heavy atom. The van der Waals surface area contributed by atoms with Crippen molar-refractivity contribution < 1.29 is 19.1 Å². The first-order chi connectivity index (χ1) is 18.5. The molecule has 2 aromatic heterocycles. The van der Waals surface area contributed by atoms with Gasteiger partial charge in [0.05, 0.1) is 35.6 Å². The lowest BCUT2D eigenvalue weighted by Crippen LogP contribution is -2.17. The Morgan fingerprint density at radius 1 is 1.11 bits per heavy atom. The van der Waals surface area contributed by atoms with E-state index in [-0.39, 0.29) is 18.5 Å². The Balaban J connectivity index is 1.55. The van der Waals surface area contributed by atoms with E-state index in [0.717, 1.165) is 58.3 Å². The van der Waals surface area contributed by atoms with Gasteiger partial charge in [-0.05, 0) is 68.4 Å². The first-order valence-electron chi connectivity index (χ1n) is 13.2. The molecule has 4 aromatic rings. The van der Waals surface area contributed by atoms with Crippen molar-refractivity contribution in [2.45, 2.75) is 46.5 Å². The lowest BCUT2D eigenvalue weighted by molar-refractivity contribution is 0.0526. The molecule has 0 radical (unpaired) electrons. The van der Waals surface area contributed by atoms with Crippen LogP contribution in [0.4, 0.5) is 5.00 Å². The SMILES string of the molecule is CCCOc1cccc(-c2cc(C(=O)Nc3sc4c(c3C(=O)OCC)CC[C@@H](C)C4)c3ccccc3n2)c1. The fourth-order valence-electron chi connectivity index (χ4n) is 4.90. The fraction of sp³-hybridized carbons (Fsp3) is 0.323. The van der Waals surface area contributed by atoms with E-state index >= 15 is 0 Å². The summed E-state index contributed by atoms with van der Waals surface area (Å²) in [6.07, 6.45) is 3.65. The highest BCUT2D eigenvalue weighted by Crippen LogP contribution is 2.40. The van der Waals surface area contributed by atoms with Gasteiger partial charge in [0.25, 0.3) is 5.91 Å². The maximum Gasteiger partial charge on any atom is 0.341 e.